The van der Waals surface area contributed by atoms with Crippen LogP contribution in [0.3, 0.4) is 0 Å². The lowest BCUT2D eigenvalue weighted by Gasteiger charge is -2.24. The molecule has 10 atom stereocenters. The predicted molar refractivity (Wildman–Crippen MR) is 425 cm³/mol. The summed E-state index contributed by atoms with van der Waals surface area (Å²) < 4.78 is 38.7. The van der Waals surface area contributed by atoms with Gasteiger partial charge in [0.15, 0.2) is 13.1 Å². The minimum atomic E-state index is -0.106. The number of rotatable bonds is 74. The molecule has 0 radical (unpaired) electrons. The van der Waals surface area contributed by atoms with Gasteiger partial charge in [0.05, 0.1) is 67.7 Å². The molecule has 0 aliphatic heterocycles. The molecule has 0 saturated heterocycles. The first-order valence-corrected chi connectivity index (χ1v) is 43.1. The maximum Gasteiger partial charge on any atom is 0.275 e. The van der Waals surface area contributed by atoms with Crippen LogP contribution < -0.4 is 10.6 Å². The minimum Gasteiger partial charge on any atom is -0.381 e. The third kappa shape index (κ3) is 67.0. The third-order valence-corrected chi connectivity index (χ3v) is 21.4. The summed E-state index contributed by atoms with van der Waals surface area (Å²) in [6.45, 7) is 33.6. The van der Waals surface area contributed by atoms with E-state index in [1.54, 1.807) is 0 Å². The molecule has 0 aromatic carbocycles. The number of ether oxygens (including phenoxy) is 6. The van der Waals surface area contributed by atoms with E-state index in [0.717, 1.165) is 126 Å². The molecule has 0 bridgehead atoms. The molecule has 0 heterocycles. The van der Waals surface area contributed by atoms with Crippen molar-refractivity contribution in [2.75, 3.05) is 135 Å². The number of nitrogens with zero attached hydrogens (tertiary/aromatic N) is 2. The predicted octanol–water partition coefficient (Wildman–Crippen LogP) is 21.6. The Balaban J connectivity index is 2.05. The molecule has 0 spiro atoms. The van der Waals surface area contributed by atoms with Gasteiger partial charge < -0.3 is 48.0 Å². The summed E-state index contributed by atoms with van der Waals surface area (Å²) in [6, 6.07) is 0. The zero-order valence-electron chi connectivity index (χ0n) is 69.4. The van der Waals surface area contributed by atoms with Crippen LogP contribution in [-0.4, -0.2) is 168 Å². The van der Waals surface area contributed by atoms with E-state index in [0.29, 0.717) is 60.2 Å². The summed E-state index contributed by atoms with van der Waals surface area (Å²) in [5.41, 5.74) is 0. The van der Waals surface area contributed by atoms with E-state index in [4.69, 9.17) is 28.4 Å². The standard InChI is InChI=1S/C87H174N4O8/c1-74(2)43-37-45-76(5)47-39-49-78(7)51-41-53-80(9)57-63-98-84(66-88-86(92)68-90(11,12)13)72-96-61-35-31-27-23-19-17-21-25-29-33-59-94-70-82-55-56-83(65-82)71-95-60-34-30-26-22-18-20-24-28-32-36-62-97-73-85(67-89-87(93)69-91(14,15)16)99-64-58-81(10)54-42-52-79(8)50-40-48-77(6)46-38-44-75(3)4/h74-85H,17-73H2,1-16H3/p+2/t76-,77-,78-,79-,80+,81+,82-,83+,84?,85?/m1/s1. The summed E-state index contributed by atoms with van der Waals surface area (Å²) >= 11 is 0. The van der Waals surface area contributed by atoms with Crippen molar-refractivity contribution in [1.82, 2.24) is 10.6 Å². The zero-order chi connectivity index (χ0) is 73.0. The normalized spacial score (nSPS) is 17.1. The maximum atomic E-state index is 12.7. The SMILES string of the molecule is CC(C)CCC[C@@H](C)CCC[C@@H](C)CCC[C@H](C)CCOC(CNC(=O)C[N+](C)(C)C)COCCCCCCCCCCCCOC[C@H]1CC[C@@H](COCCCCCCCCCCCCOCC(CNC(=O)C[N+](C)(C)C)OCC[C@@H](C)CCC[C@H](C)CCC[C@H](C)CCCC(C)C)C1. The lowest BCUT2D eigenvalue weighted by Crippen LogP contribution is -2.46. The van der Waals surface area contributed by atoms with Gasteiger partial charge in [-0.3, -0.25) is 9.59 Å². The Labute approximate surface area is 617 Å². The minimum absolute atomic E-state index is 0.0716. The van der Waals surface area contributed by atoms with Crippen LogP contribution in [0, 0.1) is 59.2 Å². The average molecular weight is 1410 g/mol. The van der Waals surface area contributed by atoms with Crippen LogP contribution in [0.25, 0.3) is 0 Å². The molecule has 2 amide bonds. The average Bonchev–Trinajstić information content (AvgIpc) is 1.88. The van der Waals surface area contributed by atoms with Crippen LogP contribution in [0.5, 0.6) is 0 Å². The van der Waals surface area contributed by atoms with Crippen molar-refractivity contribution in [3.63, 3.8) is 0 Å². The number of hydrogen-bond acceptors (Lipinski definition) is 8. The van der Waals surface area contributed by atoms with Crippen LogP contribution in [0.15, 0.2) is 0 Å². The van der Waals surface area contributed by atoms with E-state index in [1.165, 1.54) is 250 Å². The van der Waals surface area contributed by atoms with E-state index in [-0.39, 0.29) is 24.0 Å². The van der Waals surface area contributed by atoms with Gasteiger partial charge in [-0.25, -0.2) is 0 Å². The number of carbonyl (C=O) groups is 2. The van der Waals surface area contributed by atoms with Crippen molar-refractivity contribution >= 4 is 11.8 Å². The topological polar surface area (TPSA) is 114 Å². The Hall–Kier alpha value is -1.38. The molecule has 12 nitrogen and oxygen atoms in total. The van der Waals surface area contributed by atoms with Crippen LogP contribution in [0.1, 0.15) is 345 Å². The highest BCUT2D eigenvalue weighted by Crippen LogP contribution is 2.32. The maximum absolute atomic E-state index is 12.7. The second-order valence-corrected chi connectivity index (χ2v) is 36.0. The number of unbranched alkanes of at least 4 members (excludes halogenated alkanes) is 18. The molecule has 0 aromatic heterocycles. The quantitative estimate of drug-likeness (QED) is 0.0457. The number of quaternary nitrogens is 2. The first kappa shape index (κ1) is 95.6. The monoisotopic (exact) mass is 1410 g/mol. The van der Waals surface area contributed by atoms with Gasteiger partial charge in [-0.2, -0.15) is 0 Å². The van der Waals surface area contributed by atoms with Gasteiger partial charge in [0.2, 0.25) is 0 Å². The van der Waals surface area contributed by atoms with Crippen LogP contribution in [-0.2, 0) is 38.0 Å². The van der Waals surface area contributed by atoms with Gasteiger partial charge in [-0.1, -0.05) is 288 Å². The van der Waals surface area contributed by atoms with E-state index in [1.807, 2.05) is 0 Å². The molecule has 1 saturated carbocycles. The summed E-state index contributed by atoms with van der Waals surface area (Å²) in [5, 5.41) is 6.26. The first-order valence-electron chi connectivity index (χ1n) is 43.1. The first-order chi connectivity index (χ1) is 47.4. The van der Waals surface area contributed by atoms with Gasteiger partial charge in [0, 0.05) is 65.9 Å². The van der Waals surface area contributed by atoms with Crippen molar-refractivity contribution in [3.05, 3.63) is 0 Å². The lowest BCUT2D eigenvalue weighted by molar-refractivity contribution is -0.862. The van der Waals surface area contributed by atoms with Gasteiger partial charge in [0.25, 0.3) is 11.8 Å². The van der Waals surface area contributed by atoms with Crippen molar-refractivity contribution in [1.29, 1.82) is 0 Å². The highest BCUT2D eigenvalue weighted by molar-refractivity contribution is 5.77. The van der Waals surface area contributed by atoms with Gasteiger partial charge in [-0.05, 0) is 117 Å². The molecular weight excluding hydrogens is 1230 g/mol. The Morgan fingerprint density at radius 1 is 0.313 bits per heavy atom. The number of carbonyl (C=O) groups excluding carboxylic acids is 2. The highest BCUT2D eigenvalue weighted by Gasteiger charge is 2.25. The Bertz CT molecular complexity index is 1650. The van der Waals surface area contributed by atoms with Crippen molar-refractivity contribution in [2.45, 2.75) is 358 Å². The number of amides is 2. The third-order valence-electron chi connectivity index (χ3n) is 21.4. The van der Waals surface area contributed by atoms with E-state index in [9.17, 15) is 9.59 Å². The largest absolute Gasteiger partial charge is 0.381 e. The van der Waals surface area contributed by atoms with E-state index in [2.05, 4.69) is 122 Å². The molecule has 12 heteroatoms. The molecule has 2 unspecified atom stereocenters. The molecule has 1 rings (SSSR count). The summed E-state index contributed by atoms with van der Waals surface area (Å²) in [5.74, 6) is 7.92. The van der Waals surface area contributed by atoms with Gasteiger partial charge in [0.1, 0.15) is 0 Å². The summed E-state index contributed by atoms with van der Waals surface area (Å²) in [7, 11) is 12.3. The molecule has 590 valence electrons. The Morgan fingerprint density at radius 3 is 0.818 bits per heavy atom. The molecule has 2 N–H and O–H groups in total. The second-order valence-electron chi connectivity index (χ2n) is 36.0. The van der Waals surface area contributed by atoms with Gasteiger partial charge >= 0.3 is 0 Å². The number of likely N-dealkylation sites (N-methyl/N-ethyl adjacent to an activating group) is 2. The van der Waals surface area contributed by atoms with Crippen LogP contribution >= 0.6 is 0 Å². The van der Waals surface area contributed by atoms with E-state index < -0.39 is 0 Å². The number of hydrogen-bond donors (Lipinski definition) is 2. The summed E-state index contributed by atoms with van der Waals surface area (Å²) in [4.78, 5) is 25.3. The molecule has 0 aromatic rings. The molecule has 99 heavy (non-hydrogen) atoms. The van der Waals surface area contributed by atoms with Crippen molar-refractivity contribution in [2.24, 2.45) is 59.2 Å². The fourth-order valence-electron chi connectivity index (χ4n) is 14.6. The smallest absolute Gasteiger partial charge is 0.275 e. The van der Waals surface area contributed by atoms with Gasteiger partial charge in [-0.15, -0.1) is 0 Å². The Kier molecular flexibility index (Phi) is 61.7. The lowest BCUT2D eigenvalue weighted by atomic mass is 9.91. The van der Waals surface area contributed by atoms with Crippen molar-refractivity contribution in [3.8, 4) is 0 Å². The fourth-order valence-corrected chi connectivity index (χ4v) is 14.6. The number of nitrogens with one attached hydrogen (secondary N) is 2. The molecule has 1 aliphatic rings. The molecular formula is C87H176N4O8+2. The van der Waals surface area contributed by atoms with E-state index >= 15 is 0 Å². The summed E-state index contributed by atoms with van der Waals surface area (Å²) in [6.07, 6.45) is 55.7. The highest BCUT2D eigenvalue weighted by atomic mass is 16.5. The molecule has 1 fully saturated rings. The fraction of sp³-hybridized carbons (Fsp3) is 0.977. The Morgan fingerprint density at radius 2 is 0.556 bits per heavy atom. The zero-order valence-corrected chi connectivity index (χ0v) is 69.4. The van der Waals surface area contributed by atoms with Crippen LogP contribution in [0.4, 0.5) is 0 Å². The second kappa shape index (κ2) is 63.9. The molecule has 1 aliphatic carbocycles. The van der Waals surface area contributed by atoms with Crippen LogP contribution in [0.2, 0.25) is 0 Å². The van der Waals surface area contributed by atoms with Crippen molar-refractivity contribution < 1.29 is 47.0 Å².